The molecule has 2 heterocycles. The Morgan fingerprint density at radius 1 is 1.00 bits per heavy atom. The highest BCUT2D eigenvalue weighted by molar-refractivity contribution is 6.06. The Morgan fingerprint density at radius 3 is 2.30 bits per heavy atom. The molecule has 3 aromatic rings. The maximum atomic E-state index is 13.0. The van der Waals surface area contributed by atoms with Crippen molar-refractivity contribution in [1.82, 2.24) is 9.47 Å². The van der Waals surface area contributed by atoms with E-state index in [0.29, 0.717) is 37.4 Å². The Bertz CT molecular complexity index is 1170. The Balaban J connectivity index is 1.37. The summed E-state index contributed by atoms with van der Waals surface area (Å²) in [4.78, 5) is 39.5. The van der Waals surface area contributed by atoms with Gasteiger partial charge >= 0.3 is 0 Å². The summed E-state index contributed by atoms with van der Waals surface area (Å²) < 4.78 is 1.79. The molecule has 4 rings (SSSR count). The first kappa shape index (κ1) is 22.8. The summed E-state index contributed by atoms with van der Waals surface area (Å²) in [7, 11) is 0. The van der Waals surface area contributed by atoms with Crippen molar-refractivity contribution in [3.8, 4) is 0 Å². The number of carbonyl (C=O) groups excluding carboxylic acids is 3. The first-order valence-corrected chi connectivity index (χ1v) is 11.6. The van der Waals surface area contributed by atoms with Gasteiger partial charge in [0.15, 0.2) is 5.78 Å². The molecule has 6 nitrogen and oxygen atoms in total. The lowest BCUT2D eigenvalue weighted by atomic mass is 9.88. The molecule has 33 heavy (non-hydrogen) atoms. The zero-order chi connectivity index (χ0) is 23.5. The number of aromatic nitrogens is 1. The summed E-state index contributed by atoms with van der Waals surface area (Å²) in [6.07, 6.45) is 3.99. The van der Waals surface area contributed by atoms with E-state index >= 15 is 0 Å². The molecule has 0 saturated carbocycles. The number of primary amides is 1. The average Bonchev–Trinajstić information content (AvgIpc) is 3.17. The van der Waals surface area contributed by atoms with Crippen molar-refractivity contribution in [3.05, 3.63) is 71.4 Å². The summed E-state index contributed by atoms with van der Waals surface area (Å²) in [6.45, 7) is 5.63. The minimum atomic E-state index is -0.506. The Morgan fingerprint density at radius 2 is 1.67 bits per heavy atom. The highest BCUT2D eigenvalue weighted by Gasteiger charge is 2.28. The highest BCUT2D eigenvalue weighted by Crippen LogP contribution is 2.24. The number of nitrogens with two attached hydrogens (primary N) is 1. The van der Waals surface area contributed by atoms with Gasteiger partial charge in [0.25, 0.3) is 5.91 Å². The standard InChI is InChI=1S/C27H31N3O3/c1-18(2)15-19-7-9-20(10-8-19)26(32)21-11-13-29(14-12-21)25(31)17-30-16-23(27(28)33)22-5-3-4-6-24(22)30/h3-10,16,18,21H,11-15,17H2,1-2H3,(H2,28,33). The molecule has 2 aromatic carbocycles. The molecule has 2 amide bonds. The zero-order valence-corrected chi connectivity index (χ0v) is 19.3. The quantitative estimate of drug-likeness (QED) is 0.557. The van der Waals surface area contributed by atoms with Crippen LogP contribution in [-0.2, 0) is 17.8 Å². The van der Waals surface area contributed by atoms with Crippen LogP contribution in [0, 0.1) is 11.8 Å². The number of rotatable bonds is 7. The molecular weight excluding hydrogens is 414 g/mol. The smallest absolute Gasteiger partial charge is 0.250 e. The molecule has 0 radical (unpaired) electrons. The fourth-order valence-corrected chi connectivity index (χ4v) is 4.72. The van der Waals surface area contributed by atoms with Crippen molar-refractivity contribution in [2.45, 2.75) is 39.7 Å². The van der Waals surface area contributed by atoms with E-state index < -0.39 is 5.91 Å². The number of likely N-dealkylation sites (tertiary alicyclic amines) is 1. The van der Waals surface area contributed by atoms with Gasteiger partial charge in [-0.05, 0) is 36.8 Å². The summed E-state index contributed by atoms with van der Waals surface area (Å²) in [6, 6.07) is 15.4. The van der Waals surface area contributed by atoms with E-state index in [4.69, 9.17) is 5.73 Å². The van der Waals surface area contributed by atoms with Gasteiger partial charge in [-0.3, -0.25) is 14.4 Å². The number of carbonyl (C=O) groups is 3. The fraction of sp³-hybridized carbons (Fsp3) is 0.370. The molecular formula is C27H31N3O3. The van der Waals surface area contributed by atoms with E-state index in [1.54, 1.807) is 10.8 Å². The van der Waals surface area contributed by atoms with Gasteiger partial charge in [-0.1, -0.05) is 56.3 Å². The third-order valence-electron chi connectivity index (χ3n) is 6.46. The van der Waals surface area contributed by atoms with Gasteiger partial charge in [0.1, 0.15) is 6.54 Å². The number of fused-ring (bicyclic) bond motifs is 1. The maximum Gasteiger partial charge on any atom is 0.250 e. The van der Waals surface area contributed by atoms with Crippen molar-refractivity contribution >= 4 is 28.5 Å². The molecule has 0 spiro atoms. The lowest BCUT2D eigenvalue weighted by Crippen LogP contribution is -2.41. The predicted molar refractivity (Wildman–Crippen MR) is 129 cm³/mol. The van der Waals surface area contributed by atoms with Gasteiger partial charge in [-0.2, -0.15) is 0 Å². The molecule has 0 atom stereocenters. The molecule has 0 aliphatic carbocycles. The zero-order valence-electron chi connectivity index (χ0n) is 19.3. The van der Waals surface area contributed by atoms with E-state index in [9.17, 15) is 14.4 Å². The molecule has 172 valence electrons. The predicted octanol–water partition coefficient (Wildman–Crippen LogP) is 4.06. The van der Waals surface area contributed by atoms with Crippen LogP contribution in [0.15, 0.2) is 54.7 Å². The number of para-hydroxylation sites is 1. The normalized spacial score (nSPS) is 14.7. The van der Waals surface area contributed by atoms with Crippen molar-refractivity contribution < 1.29 is 14.4 Å². The van der Waals surface area contributed by atoms with Crippen molar-refractivity contribution in [2.24, 2.45) is 17.6 Å². The highest BCUT2D eigenvalue weighted by atomic mass is 16.2. The van der Waals surface area contributed by atoms with Gasteiger partial charge in [-0.15, -0.1) is 0 Å². The van der Waals surface area contributed by atoms with Crippen LogP contribution in [-0.4, -0.2) is 40.2 Å². The van der Waals surface area contributed by atoms with Crippen LogP contribution >= 0.6 is 0 Å². The number of Topliss-reactive ketones (excluding diaryl/α,β-unsaturated/α-hetero) is 1. The first-order valence-electron chi connectivity index (χ1n) is 11.6. The van der Waals surface area contributed by atoms with Crippen LogP contribution < -0.4 is 5.73 Å². The molecule has 0 unspecified atom stereocenters. The molecule has 1 aliphatic heterocycles. The topological polar surface area (TPSA) is 85.4 Å². The number of piperidine rings is 1. The van der Waals surface area contributed by atoms with E-state index in [1.807, 2.05) is 53.4 Å². The van der Waals surface area contributed by atoms with Crippen LogP contribution in [0.3, 0.4) is 0 Å². The van der Waals surface area contributed by atoms with Crippen molar-refractivity contribution in [3.63, 3.8) is 0 Å². The summed E-state index contributed by atoms with van der Waals surface area (Å²) in [5.74, 6) is 0.171. The number of benzene rings is 2. The van der Waals surface area contributed by atoms with Crippen LogP contribution in [0.25, 0.3) is 10.9 Å². The van der Waals surface area contributed by atoms with Crippen LogP contribution in [0.1, 0.15) is 53.0 Å². The number of amides is 2. The third kappa shape index (κ3) is 5.00. The van der Waals surface area contributed by atoms with Gasteiger partial charge in [0, 0.05) is 41.7 Å². The number of hydrogen-bond donors (Lipinski definition) is 1. The largest absolute Gasteiger partial charge is 0.366 e. The molecule has 0 bridgehead atoms. The van der Waals surface area contributed by atoms with Crippen LogP contribution in [0.4, 0.5) is 0 Å². The Kier molecular flexibility index (Phi) is 6.63. The fourth-order valence-electron chi connectivity index (χ4n) is 4.72. The van der Waals surface area contributed by atoms with E-state index in [-0.39, 0.29) is 24.2 Å². The molecule has 6 heteroatoms. The lowest BCUT2D eigenvalue weighted by molar-refractivity contribution is -0.133. The minimum Gasteiger partial charge on any atom is -0.366 e. The summed E-state index contributed by atoms with van der Waals surface area (Å²) in [5.41, 5.74) is 8.74. The van der Waals surface area contributed by atoms with E-state index in [1.165, 1.54) is 5.56 Å². The molecule has 1 aromatic heterocycles. The van der Waals surface area contributed by atoms with Gasteiger partial charge in [-0.25, -0.2) is 0 Å². The van der Waals surface area contributed by atoms with Gasteiger partial charge in [0.2, 0.25) is 5.91 Å². The molecule has 1 fully saturated rings. The van der Waals surface area contributed by atoms with Crippen LogP contribution in [0.5, 0.6) is 0 Å². The number of nitrogens with zero attached hydrogens (tertiary/aromatic N) is 2. The number of hydrogen-bond acceptors (Lipinski definition) is 3. The molecule has 1 aliphatic rings. The summed E-state index contributed by atoms with van der Waals surface area (Å²) >= 11 is 0. The Hall–Kier alpha value is -3.41. The second-order valence-corrected chi connectivity index (χ2v) is 9.37. The van der Waals surface area contributed by atoms with Gasteiger partial charge < -0.3 is 15.2 Å². The Labute approximate surface area is 194 Å². The summed E-state index contributed by atoms with van der Waals surface area (Å²) in [5, 5.41) is 0.751. The third-order valence-corrected chi connectivity index (χ3v) is 6.46. The number of ketones is 1. The van der Waals surface area contributed by atoms with Crippen molar-refractivity contribution in [1.29, 1.82) is 0 Å². The minimum absolute atomic E-state index is 0.0179. The van der Waals surface area contributed by atoms with Crippen LogP contribution in [0.2, 0.25) is 0 Å². The lowest BCUT2D eigenvalue weighted by Gasteiger charge is -2.31. The van der Waals surface area contributed by atoms with Gasteiger partial charge in [0.05, 0.1) is 5.56 Å². The maximum absolute atomic E-state index is 13.0. The average molecular weight is 446 g/mol. The second kappa shape index (κ2) is 9.61. The first-order chi connectivity index (χ1) is 15.8. The monoisotopic (exact) mass is 445 g/mol. The van der Waals surface area contributed by atoms with E-state index in [0.717, 1.165) is 22.9 Å². The molecule has 2 N–H and O–H groups in total. The van der Waals surface area contributed by atoms with Crippen molar-refractivity contribution in [2.75, 3.05) is 13.1 Å². The molecule has 1 saturated heterocycles. The van der Waals surface area contributed by atoms with E-state index in [2.05, 4.69) is 13.8 Å². The SMILES string of the molecule is CC(C)Cc1ccc(C(=O)C2CCN(C(=O)Cn3cc(C(N)=O)c4ccccc43)CC2)cc1. The second-order valence-electron chi connectivity index (χ2n) is 9.37.